The van der Waals surface area contributed by atoms with Crippen LogP contribution in [0.3, 0.4) is 0 Å². The summed E-state index contributed by atoms with van der Waals surface area (Å²) >= 11 is 0. The Morgan fingerprint density at radius 1 is 1.53 bits per heavy atom. The topological polar surface area (TPSA) is 107 Å². The zero-order valence-electron chi connectivity index (χ0n) is 10.1. The first-order valence-corrected chi connectivity index (χ1v) is 5.97. The molecule has 3 N–H and O–H groups in total. The molecule has 0 saturated carbocycles. The van der Waals surface area contributed by atoms with Crippen LogP contribution in [0.5, 0.6) is 0 Å². The fourth-order valence-electron chi connectivity index (χ4n) is 2.54. The van der Waals surface area contributed by atoms with Crippen molar-refractivity contribution in [2.45, 2.75) is 18.9 Å². The first kappa shape index (κ1) is 11.6. The van der Waals surface area contributed by atoms with Crippen LogP contribution in [-0.2, 0) is 17.8 Å². The highest BCUT2D eigenvalue weighted by atomic mass is 16.4. The van der Waals surface area contributed by atoms with E-state index in [1.807, 2.05) is 6.07 Å². The normalized spacial score (nSPS) is 21.9. The third kappa shape index (κ3) is 2.03. The van der Waals surface area contributed by atoms with Gasteiger partial charge in [-0.05, 0) is 11.6 Å². The number of anilines is 1. The summed E-state index contributed by atoms with van der Waals surface area (Å²) in [5.41, 5.74) is 6.46. The molecule has 2 atom stereocenters. The highest BCUT2D eigenvalue weighted by Crippen LogP contribution is 2.33. The number of nitrogen functional groups attached to an aromatic ring is 1. The minimum atomic E-state index is -0.832. The molecule has 0 aromatic carbocycles. The molecular weight excluding hydrogens is 246 g/mol. The van der Waals surface area contributed by atoms with Gasteiger partial charge in [0.2, 0.25) is 5.95 Å². The minimum absolute atomic E-state index is 0.167. The minimum Gasteiger partial charge on any atom is -0.481 e. The lowest BCUT2D eigenvalue weighted by Crippen LogP contribution is -2.33. The quantitative estimate of drug-likeness (QED) is 0.803. The van der Waals surface area contributed by atoms with Gasteiger partial charge in [-0.1, -0.05) is 6.07 Å². The summed E-state index contributed by atoms with van der Waals surface area (Å²) in [7, 11) is 0. The zero-order chi connectivity index (χ0) is 13.4. The molecular formula is C12H13N5O2. The van der Waals surface area contributed by atoms with Gasteiger partial charge in [0, 0.05) is 24.7 Å². The van der Waals surface area contributed by atoms with Crippen LogP contribution >= 0.6 is 0 Å². The van der Waals surface area contributed by atoms with Crippen molar-refractivity contribution in [3.63, 3.8) is 0 Å². The maximum atomic E-state index is 11.4. The molecule has 1 aliphatic rings. The fourth-order valence-corrected chi connectivity index (χ4v) is 2.54. The highest BCUT2D eigenvalue weighted by Gasteiger charge is 2.36. The standard InChI is InChI=1S/C12H13N5O2/c13-12-15-10-4-8(11(18)19)9(6-17(10)16-12)7-2-1-3-14-5-7/h1-3,5,8-9H,4,6H2,(H2,13,16)(H,18,19). The Morgan fingerprint density at radius 3 is 3.05 bits per heavy atom. The lowest BCUT2D eigenvalue weighted by atomic mass is 9.82. The maximum absolute atomic E-state index is 11.4. The van der Waals surface area contributed by atoms with Gasteiger partial charge in [0.25, 0.3) is 0 Å². The van der Waals surface area contributed by atoms with Crippen molar-refractivity contribution < 1.29 is 9.90 Å². The molecule has 3 heterocycles. The largest absolute Gasteiger partial charge is 0.481 e. The van der Waals surface area contributed by atoms with E-state index in [1.54, 1.807) is 23.1 Å². The molecule has 7 nitrogen and oxygen atoms in total. The average Bonchev–Trinajstić information content (AvgIpc) is 2.77. The van der Waals surface area contributed by atoms with E-state index in [0.717, 1.165) is 5.56 Å². The molecule has 0 amide bonds. The van der Waals surface area contributed by atoms with Crippen LogP contribution in [0.15, 0.2) is 24.5 Å². The van der Waals surface area contributed by atoms with E-state index in [9.17, 15) is 9.90 Å². The zero-order valence-corrected chi connectivity index (χ0v) is 10.1. The number of pyridine rings is 1. The predicted molar refractivity (Wildman–Crippen MR) is 66.2 cm³/mol. The van der Waals surface area contributed by atoms with Crippen molar-refractivity contribution in [2.24, 2.45) is 5.92 Å². The second-order valence-corrected chi connectivity index (χ2v) is 4.61. The van der Waals surface area contributed by atoms with Gasteiger partial charge in [0.1, 0.15) is 5.82 Å². The van der Waals surface area contributed by atoms with E-state index in [1.165, 1.54) is 0 Å². The Labute approximate surface area is 109 Å². The second-order valence-electron chi connectivity index (χ2n) is 4.61. The third-order valence-electron chi connectivity index (χ3n) is 3.45. The lowest BCUT2D eigenvalue weighted by molar-refractivity contribution is -0.143. The van der Waals surface area contributed by atoms with Crippen LogP contribution in [-0.4, -0.2) is 30.8 Å². The molecule has 0 saturated heterocycles. The van der Waals surface area contributed by atoms with E-state index in [2.05, 4.69) is 15.1 Å². The molecule has 3 rings (SSSR count). The number of nitrogens with two attached hydrogens (primary N) is 1. The van der Waals surface area contributed by atoms with Crippen LogP contribution < -0.4 is 5.73 Å². The first-order valence-electron chi connectivity index (χ1n) is 5.97. The van der Waals surface area contributed by atoms with Gasteiger partial charge in [-0.2, -0.15) is 4.98 Å². The van der Waals surface area contributed by atoms with Gasteiger partial charge in [-0.3, -0.25) is 9.78 Å². The number of carboxylic acid groups (broad SMARTS) is 1. The van der Waals surface area contributed by atoms with Crippen LogP contribution in [0.1, 0.15) is 17.3 Å². The highest BCUT2D eigenvalue weighted by molar-refractivity contribution is 5.72. The van der Waals surface area contributed by atoms with Gasteiger partial charge in [0.15, 0.2) is 0 Å². The third-order valence-corrected chi connectivity index (χ3v) is 3.45. The molecule has 0 fully saturated rings. The van der Waals surface area contributed by atoms with Crippen LogP contribution in [0, 0.1) is 5.92 Å². The van der Waals surface area contributed by atoms with Crippen molar-refractivity contribution in [3.05, 3.63) is 35.9 Å². The summed E-state index contributed by atoms with van der Waals surface area (Å²) in [5.74, 6) is -0.710. The number of hydrogen-bond acceptors (Lipinski definition) is 5. The molecule has 7 heteroatoms. The first-order chi connectivity index (χ1) is 9.15. The fraction of sp³-hybridized carbons (Fsp3) is 0.333. The molecule has 2 aromatic rings. The number of fused-ring (bicyclic) bond motifs is 1. The summed E-state index contributed by atoms with van der Waals surface area (Å²) in [6.07, 6.45) is 3.70. The summed E-state index contributed by atoms with van der Waals surface area (Å²) in [5, 5.41) is 13.5. The van der Waals surface area contributed by atoms with Crippen molar-refractivity contribution >= 4 is 11.9 Å². The SMILES string of the molecule is Nc1nc2n(n1)CC(c1cccnc1)C(C(=O)O)C2. The van der Waals surface area contributed by atoms with E-state index in [4.69, 9.17) is 5.73 Å². The molecule has 0 radical (unpaired) electrons. The van der Waals surface area contributed by atoms with Crippen LogP contribution in [0.4, 0.5) is 5.95 Å². The van der Waals surface area contributed by atoms with E-state index < -0.39 is 11.9 Å². The maximum Gasteiger partial charge on any atom is 0.307 e. The number of aliphatic carboxylic acids is 1. The number of carbonyl (C=O) groups is 1. The Kier molecular flexibility index (Phi) is 2.66. The Morgan fingerprint density at radius 2 is 2.37 bits per heavy atom. The molecule has 0 bridgehead atoms. The van der Waals surface area contributed by atoms with Crippen LogP contribution in [0.25, 0.3) is 0 Å². The lowest BCUT2D eigenvalue weighted by Gasteiger charge is -2.28. The predicted octanol–water partition coefficient (Wildman–Crippen LogP) is 0.296. The van der Waals surface area contributed by atoms with E-state index in [0.29, 0.717) is 18.8 Å². The summed E-state index contributed by atoms with van der Waals surface area (Å²) in [6.45, 7) is 0.461. The van der Waals surface area contributed by atoms with E-state index in [-0.39, 0.29) is 11.9 Å². The molecule has 0 aliphatic carbocycles. The van der Waals surface area contributed by atoms with Crippen molar-refractivity contribution in [1.82, 2.24) is 19.7 Å². The molecule has 2 aromatic heterocycles. The average molecular weight is 259 g/mol. The number of aromatic nitrogens is 4. The molecule has 2 unspecified atom stereocenters. The van der Waals surface area contributed by atoms with Gasteiger partial charge in [0.05, 0.1) is 12.5 Å². The molecule has 1 aliphatic heterocycles. The summed E-state index contributed by atoms with van der Waals surface area (Å²) in [4.78, 5) is 19.6. The van der Waals surface area contributed by atoms with Crippen molar-refractivity contribution in [3.8, 4) is 0 Å². The van der Waals surface area contributed by atoms with Gasteiger partial charge < -0.3 is 10.8 Å². The Balaban J connectivity index is 2.01. The smallest absolute Gasteiger partial charge is 0.307 e. The van der Waals surface area contributed by atoms with Gasteiger partial charge >= 0.3 is 5.97 Å². The number of hydrogen-bond donors (Lipinski definition) is 2. The van der Waals surface area contributed by atoms with Crippen LogP contribution in [0.2, 0.25) is 0 Å². The number of carboxylic acids is 1. The monoisotopic (exact) mass is 259 g/mol. The molecule has 0 spiro atoms. The Hall–Kier alpha value is -2.44. The Bertz CT molecular complexity index is 610. The molecule has 98 valence electrons. The van der Waals surface area contributed by atoms with E-state index >= 15 is 0 Å². The number of rotatable bonds is 2. The number of nitrogens with zero attached hydrogens (tertiary/aromatic N) is 4. The van der Waals surface area contributed by atoms with Crippen molar-refractivity contribution in [1.29, 1.82) is 0 Å². The molecule has 19 heavy (non-hydrogen) atoms. The van der Waals surface area contributed by atoms with Gasteiger partial charge in [-0.15, -0.1) is 5.10 Å². The summed E-state index contributed by atoms with van der Waals surface area (Å²) < 4.78 is 1.69. The van der Waals surface area contributed by atoms with Crippen molar-refractivity contribution in [2.75, 3.05) is 5.73 Å². The second kappa shape index (κ2) is 4.34. The summed E-state index contributed by atoms with van der Waals surface area (Å²) in [6, 6.07) is 3.69. The van der Waals surface area contributed by atoms with Gasteiger partial charge in [-0.25, -0.2) is 4.68 Å².